The average Bonchev–Trinajstić information content (AvgIpc) is 3.12. The van der Waals surface area contributed by atoms with Crippen molar-refractivity contribution in [1.82, 2.24) is 9.78 Å². The Morgan fingerprint density at radius 2 is 2.00 bits per heavy atom. The summed E-state index contributed by atoms with van der Waals surface area (Å²) in [6, 6.07) is 0. The van der Waals surface area contributed by atoms with Crippen LogP contribution in [0.3, 0.4) is 0 Å². The number of carboxylic acids is 1. The lowest BCUT2D eigenvalue weighted by molar-refractivity contribution is 0.0679. The van der Waals surface area contributed by atoms with Crippen LogP contribution in [0.15, 0.2) is 6.20 Å². The maximum absolute atomic E-state index is 11.4. The largest absolute Gasteiger partial charge is 0.477 e. The van der Waals surface area contributed by atoms with Crippen LogP contribution in [0.5, 0.6) is 0 Å². The monoisotopic (exact) mass is 248 g/mol. The second-order valence-corrected chi connectivity index (χ2v) is 5.71. The van der Waals surface area contributed by atoms with E-state index in [9.17, 15) is 9.90 Å². The number of aromatic nitrogens is 2. The van der Waals surface area contributed by atoms with E-state index in [0.717, 1.165) is 24.9 Å². The standard InChI is InChI=1S/C14H20N2O2/c17-14(18)13-12(11-6-7-11)8-15-16(13)9-10-4-2-1-3-5-10/h8,10-11H,1-7,9H2,(H,17,18). The first-order valence-electron chi connectivity index (χ1n) is 7.04. The van der Waals surface area contributed by atoms with Crippen LogP contribution in [0, 0.1) is 5.92 Å². The van der Waals surface area contributed by atoms with E-state index < -0.39 is 5.97 Å². The molecule has 2 fully saturated rings. The Morgan fingerprint density at radius 3 is 2.61 bits per heavy atom. The molecule has 98 valence electrons. The number of carboxylic acid groups (broad SMARTS) is 1. The second kappa shape index (κ2) is 4.75. The SMILES string of the molecule is O=C(O)c1c(C2CC2)cnn1CC1CCCCC1. The van der Waals surface area contributed by atoms with Crippen molar-refractivity contribution in [1.29, 1.82) is 0 Å². The molecule has 2 saturated carbocycles. The van der Waals surface area contributed by atoms with Crippen LogP contribution in [-0.4, -0.2) is 20.9 Å². The number of aromatic carboxylic acids is 1. The molecular weight excluding hydrogens is 228 g/mol. The third kappa shape index (κ3) is 2.28. The maximum atomic E-state index is 11.4. The molecule has 0 atom stereocenters. The fourth-order valence-electron chi connectivity index (χ4n) is 3.08. The normalized spacial score (nSPS) is 21.1. The molecule has 4 nitrogen and oxygen atoms in total. The molecule has 1 heterocycles. The molecule has 2 aliphatic carbocycles. The third-order valence-electron chi connectivity index (χ3n) is 4.24. The van der Waals surface area contributed by atoms with Crippen LogP contribution in [0.2, 0.25) is 0 Å². The molecule has 0 bridgehead atoms. The lowest BCUT2D eigenvalue weighted by Crippen LogP contribution is -2.19. The van der Waals surface area contributed by atoms with Gasteiger partial charge in [0, 0.05) is 12.1 Å². The Hall–Kier alpha value is -1.32. The molecule has 18 heavy (non-hydrogen) atoms. The zero-order valence-electron chi connectivity index (χ0n) is 10.6. The predicted molar refractivity (Wildman–Crippen MR) is 67.7 cm³/mol. The van der Waals surface area contributed by atoms with Gasteiger partial charge in [-0.25, -0.2) is 4.79 Å². The van der Waals surface area contributed by atoms with Crippen LogP contribution in [0.4, 0.5) is 0 Å². The first-order valence-corrected chi connectivity index (χ1v) is 7.04. The molecule has 3 rings (SSSR count). The van der Waals surface area contributed by atoms with Crippen LogP contribution in [0.1, 0.15) is 66.9 Å². The fraction of sp³-hybridized carbons (Fsp3) is 0.714. The Balaban J connectivity index is 1.79. The Bertz CT molecular complexity index is 443. The summed E-state index contributed by atoms with van der Waals surface area (Å²) in [6.45, 7) is 0.786. The summed E-state index contributed by atoms with van der Waals surface area (Å²) in [6.07, 6.45) is 10.4. The quantitative estimate of drug-likeness (QED) is 0.891. The van der Waals surface area contributed by atoms with E-state index >= 15 is 0 Å². The third-order valence-corrected chi connectivity index (χ3v) is 4.24. The number of carbonyl (C=O) groups is 1. The van der Waals surface area contributed by atoms with E-state index in [1.807, 2.05) is 0 Å². The van der Waals surface area contributed by atoms with Gasteiger partial charge in [-0.2, -0.15) is 5.10 Å². The van der Waals surface area contributed by atoms with E-state index in [1.165, 1.54) is 32.1 Å². The molecule has 0 unspecified atom stereocenters. The zero-order valence-corrected chi connectivity index (χ0v) is 10.6. The van der Waals surface area contributed by atoms with Crippen molar-refractivity contribution in [2.75, 3.05) is 0 Å². The topological polar surface area (TPSA) is 55.1 Å². The Kier molecular flexibility index (Phi) is 3.10. The molecule has 0 amide bonds. The van der Waals surface area contributed by atoms with E-state index in [4.69, 9.17) is 0 Å². The van der Waals surface area contributed by atoms with Crippen molar-refractivity contribution >= 4 is 5.97 Å². The first kappa shape index (κ1) is 11.8. The van der Waals surface area contributed by atoms with Gasteiger partial charge in [0.1, 0.15) is 5.69 Å². The second-order valence-electron chi connectivity index (χ2n) is 5.71. The summed E-state index contributed by atoms with van der Waals surface area (Å²) in [4.78, 5) is 11.4. The Morgan fingerprint density at radius 1 is 1.28 bits per heavy atom. The van der Waals surface area contributed by atoms with Gasteiger partial charge in [-0.05, 0) is 37.5 Å². The van der Waals surface area contributed by atoms with Crippen LogP contribution < -0.4 is 0 Å². The highest BCUT2D eigenvalue weighted by Crippen LogP contribution is 2.41. The van der Waals surface area contributed by atoms with Gasteiger partial charge in [-0.1, -0.05) is 19.3 Å². The minimum atomic E-state index is -0.815. The van der Waals surface area contributed by atoms with Crippen molar-refractivity contribution in [3.63, 3.8) is 0 Å². The van der Waals surface area contributed by atoms with Crippen LogP contribution in [0.25, 0.3) is 0 Å². The average molecular weight is 248 g/mol. The molecule has 1 aromatic rings. The number of nitrogens with zero attached hydrogens (tertiary/aromatic N) is 2. The molecule has 0 radical (unpaired) electrons. The van der Waals surface area contributed by atoms with Crippen LogP contribution >= 0.6 is 0 Å². The Labute approximate surface area is 107 Å². The van der Waals surface area contributed by atoms with Gasteiger partial charge in [-0.3, -0.25) is 4.68 Å². The van der Waals surface area contributed by atoms with Gasteiger partial charge in [0.15, 0.2) is 0 Å². The van der Waals surface area contributed by atoms with Crippen molar-refractivity contribution < 1.29 is 9.90 Å². The molecule has 0 saturated heterocycles. The van der Waals surface area contributed by atoms with Gasteiger partial charge in [0.05, 0.1) is 6.20 Å². The molecule has 0 spiro atoms. The first-order chi connectivity index (χ1) is 8.75. The van der Waals surface area contributed by atoms with Crippen LogP contribution in [-0.2, 0) is 6.54 Å². The molecule has 0 aliphatic heterocycles. The van der Waals surface area contributed by atoms with Crippen molar-refractivity contribution in [2.24, 2.45) is 5.92 Å². The van der Waals surface area contributed by atoms with E-state index in [0.29, 0.717) is 17.5 Å². The fourth-order valence-corrected chi connectivity index (χ4v) is 3.08. The minimum absolute atomic E-state index is 0.447. The van der Waals surface area contributed by atoms with Gasteiger partial charge in [0.25, 0.3) is 0 Å². The van der Waals surface area contributed by atoms with Gasteiger partial charge in [0.2, 0.25) is 0 Å². The summed E-state index contributed by atoms with van der Waals surface area (Å²) >= 11 is 0. The van der Waals surface area contributed by atoms with E-state index in [-0.39, 0.29) is 0 Å². The molecule has 2 aliphatic rings. The molecular formula is C14H20N2O2. The highest BCUT2D eigenvalue weighted by atomic mass is 16.4. The van der Waals surface area contributed by atoms with Crippen molar-refractivity contribution in [3.05, 3.63) is 17.5 Å². The predicted octanol–water partition coefficient (Wildman–Crippen LogP) is 3.04. The molecule has 1 aromatic heterocycles. The summed E-state index contributed by atoms with van der Waals surface area (Å²) in [7, 11) is 0. The summed E-state index contributed by atoms with van der Waals surface area (Å²) < 4.78 is 1.74. The maximum Gasteiger partial charge on any atom is 0.354 e. The van der Waals surface area contributed by atoms with Crippen molar-refractivity contribution in [2.45, 2.75) is 57.4 Å². The number of rotatable bonds is 4. The lowest BCUT2D eigenvalue weighted by atomic mass is 9.89. The minimum Gasteiger partial charge on any atom is -0.477 e. The molecule has 1 N–H and O–H groups in total. The summed E-state index contributed by atoms with van der Waals surface area (Å²) in [5.74, 6) is 0.255. The number of hydrogen-bond donors (Lipinski definition) is 1. The number of hydrogen-bond acceptors (Lipinski definition) is 2. The van der Waals surface area contributed by atoms with Crippen molar-refractivity contribution in [3.8, 4) is 0 Å². The highest BCUT2D eigenvalue weighted by Gasteiger charge is 2.31. The van der Waals surface area contributed by atoms with Gasteiger partial charge >= 0.3 is 5.97 Å². The van der Waals surface area contributed by atoms with E-state index in [1.54, 1.807) is 10.9 Å². The van der Waals surface area contributed by atoms with E-state index in [2.05, 4.69) is 5.10 Å². The zero-order chi connectivity index (χ0) is 12.5. The highest BCUT2D eigenvalue weighted by molar-refractivity contribution is 5.87. The summed E-state index contributed by atoms with van der Waals surface area (Å²) in [5.41, 5.74) is 1.40. The summed E-state index contributed by atoms with van der Waals surface area (Å²) in [5, 5.41) is 13.7. The molecule has 4 heteroatoms. The lowest BCUT2D eigenvalue weighted by Gasteiger charge is -2.21. The molecule has 0 aromatic carbocycles. The smallest absolute Gasteiger partial charge is 0.354 e. The van der Waals surface area contributed by atoms with Gasteiger partial charge in [-0.15, -0.1) is 0 Å². The van der Waals surface area contributed by atoms with Gasteiger partial charge < -0.3 is 5.11 Å².